The summed E-state index contributed by atoms with van der Waals surface area (Å²) in [4.78, 5) is 4.66. The second-order valence-electron chi connectivity index (χ2n) is 6.38. The Kier molecular flexibility index (Phi) is 4.09. The Balaban J connectivity index is 1.42. The van der Waals surface area contributed by atoms with Crippen molar-refractivity contribution in [3.8, 4) is 11.1 Å². The van der Waals surface area contributed by atoms with Gasteiger partial charge < -0.3 is 5.32 Å². The van der Waals surface area contributed by atoms with Crippen molar-refractivity contribution in [2.45, 2.75) is 38.3 Å². The second kappa shape index (κ2) is 6.53. The summed E-state index contributed by atoms with van der Waals surface area (Å²) in [6.07, 6.45) is 4.96. The lowest BCUT2D eigenvalue weighted by Gasteiger charge is -2.25. The molecule has 0 spiro atoms. The van der Waals surface area contributed by atoms with Gasteiger partial charge in [0.1, 0.15) is 0 Å². The number of fused-ring (bicyclic) bond motifs is 1. The van der Waals surface area contributed by atoms with Crippen LogP contribution in [-0.4, -0.2) is 26.4 Å². The van der Waals surface area contributed by atoms with Gasteiger partial charge in [-0.3, -0.25) is 4.98 Å². The quantitative estimate of drug-likeness (QED) is 0.775. The monoisotopic (exact) mass is 319 g/mol. The molecule has 5 heteroatoms. The molecule has 0 aliphatic heterocycles. The van der Waals surface area contributed by atoms with Crippen molar-refractivity contribution < 1.29 is 0 Å². The van der Waals surface area contributed by atoms with Crippen molar-refractivity contribution in [3.05, 3.63) is 65.7 Å². The molecule has 5 nitrogen and oxygen atoms in total. The van der Waals surface area contributed by atoms with Crippen LogP contribution in [0.1, 0.15) is 36.5 Å². The Morgan fingerprint density at radius 1 is 1.04 bits per heavy atom. The van der Waals surface area contributed by atoms with Crippen LogP contribution >= 0.6 is 0 Å². The number of pyridine rings is 1. The van der Waals surface area contributed by atoms with Crippen molar-refractivity contribution in [2.24, 2.45) is 0 Å². The number of nitrogens with zero attached hydrogens (tertiary/aromatic N) is 3. The third-order valence-electron chi connectivity index (χ3n) is 4.70. The van der Waals surface area contributed by atoms with Gasteiger partial charge in [-0.2, -0.15) is 15.4 Å². The third kappa shape index (κ3) is 3.08. The van der Waals surface area contributed by atoms with Gasteiger partial charge in [0.25, 0.3) is 0 Å². The number of aromatic nitrogens is 4. The predicted molar refractivity (Wildman–Crippen MR) is 93.4 cm³/mol. The highest BCUT2D eigenvalue weighted by Gasteiger charge is 2.23. The average molecular weight is 319 g/mol. The average Bonchev–Trinajstić information content (AvgIpc) is 3.10. The van der Waals surface area contributed by atoms with Gasteiger partial charge >= 0.3 is 0 Å². The highest BCUT2D eigenvalue weighted by atomic mass is 15.3. The minimum atomic E-state index is 0.216. The van der Waals surface area contributed by atoms with Crippen molar-refractivity contribution in [3.63, 3.8) is 0 Å². The van der Waals surface area contributed by atoms with Crippen LogP contribution in [0.4, 0.5) is 0 Å². The zero-order chi connectivity index (χ0) is 16.4. The first-order chi connectivity index (χ1) is 11.8. The fraction of sp³-hybridized carbons (Fsp3) is 0.316. The van der Waals surface area contributed by atoms with E-state index in [-0.39, 0.29) is 6.04 Å². The summed E-state index contributed by atoms with van der Waals surface area (Å²) in [5, 5.41) is 14.8. The smallest absolute Gasteiger partial charge is 0.0872 e. The van der Waals surface area contributed by atoms with Crippen LogP contribution in [0.3, 0.4) is 0 Å². The third-order valence-corrected chi connectivity index (χ3v) is 4.70. The summed E-state index contributed by atoms with van der Waals surface area (Å²) in [6.45, 7) is 2.17. The maximum absolute atomic E-state index is 4.66. The predicted octanol–water partition coefficient (Wildman–Crippen LogP) is 3.07. The summed E-state index contributed by atoms with van der Waals surface area (Å²) in [7, 11) is 0. The molecule has 1 aromatic carbocycles. The van der Waals surface area contributed by atoms with E-state index in [1.54, 1.807) is 0 Å². The van der Waals surface area contributed by atoms with E-state index in [0.717, 1.165) is 41.9 Å². The molecule has 0 amide bonds. The Morgan fingerprint density at radius 3 is 2.67 bits per heavy atom. The highest BCUT2D eigenvalue weighted by Crippen LogP contribution is 2.22. The maximum atomic E-state index is 4.66. The van der Waals surface area contributed by atoms with E-state index in [1.807, 2.05) is 12.3 Å². The first-order valence-electron chi connectivity index (χ1n) is 8.45. The van der Waals surface area contributed by atoms with E-state index in [4.69, 9.17) is 0 Å². The summed E-state index contributed by atoms with van der Waals surface area (Å²) in [6, 6.07) is 15.2. The first kappa shape index (κ1) is 15.0. The van der Waals surface area contributed by atoms with Gasteiger partial charge in [-0.1, -0.05) is 36.4 Å². The number of H-pyrrole nitrogens is 1. The lowest BCUT2D eigenvalue weighted by Crippen LogP contribution is -2.36. The van der Waals surface area contributed by atoms with Gasteiger partial charge in [0.2, 0.25) is 0 Å². The molecule has 2 unspecified atom stereocenters. The summed E-state index contributed by atoms with van der Waals surface area (Å²) in [5.41, 5.74) is 5.63. The Labute approximate surface area is 141 Å². The molecule has 2 aromatic heterocycles. The Hall–Kier alpha value is -2.53. The van der Waals surface area contributed by atoms with Crippen LogP contribution in [0.15, 0.2) is 48.7 Å². The fourth-order valence-electron chi connectivity index (χ4n) is 3.33. The molecule has 0 saturated carbocycles. The molecule has 0 radical (unpaired) electrons. The van der Waals surface area contributed by atoms with Gasteiger partial charge in [-0.05, 0) is 31.4 Å². The van der Waals surface area contributed by atoms with Crippen molar-refractivity contribution in [1.29, 1.82) is 0 Å². The molecular weight excluding hydrogens is 298 g/mol. The van der Waals surface area contributed by atoms with Crippen LogP contribution in [0.5, 0.6) is 0 Å². The van der Waals surface area contributed by atoms with E-state index >= 15 is 0 Å². The fourth-order valence-corrected chi connectivity index (χ4v) is 3.33. The number of nitrogens with one attached hydrogen (secondary N) is 2. The number of hydrogen-bond donors (Lipinski definition) is 2. The normalized spacial score (nSPS) is 18.1. The topological polar surface area (TPSA) is 66.5 Å². The van der Waals surface area contributed by atoms with E-state index in [0.29, 0.717) is 6.04 Å². The molecule has 1 aliphatic carbocycles. The molecule has 122 valence electrons. The van der Waals surface area contributed by atoms with Crippen LogP contribution < -0.4 is 5.32 Å². The van der Waals surface area contributed by atoms with Crippen molar-refractivity contribution in [1.82, 2.24) is 25.7 Å². The molecule has 1 aliphatic rings. The Bertz CT molecular complexity index is 794. The molecule has 0 saturated heterocycles. The minimum Gasteiger partial charge on any atom is -0.306 e. The largest absolute Gasteiger partial charge is 0.306 e. The summed E-state index contributed by atoms with van der Waals surface area (Å²) < 4.78 is 0. The number of hydrogen-bond acceptors (Lipinski definition) is 4. The van der Waals surface area contributed by atoms with E-state index in [9.17, 15) is 0 Å². The van der Waals surface area contributed by atoms with Gasteiger partial charge in [0, 0.05) is 30.3 Å². The molecular formula is C19H21N5. The SMILES string of the molecule is CC(NC1CCc2n[nH]nc2C1)c1ccc(-c2ccccc2)cn1. The molecule has 24 heavy (non-hydrogen) atoms. The van der Waals surface area contributed by atoms with Gasteiger partial charge in [0.15, 0.2) is 0 Å². The number of benzene rings is 1. The molecule has 3 aromatic rings. The first-order valence-corrected chi connectivity index (χ1v) is 8.45. The number of rotatable bonds is 4. The van der Waals surface area contributed by atoms with Crippen LogP contribution in [0.2, 0.25) is 0 Å². The lowest BCUT2D eigenvalue weighted by molar-refractivity contribution is 0.405. The van der Waals surface area contributed by atoms with Gasteiger partial charge in [-0.15, -0.1) is 0 Å². The molecule has 2 heterocycles. The number of aryl methyl sites for hydroxylation is 1. The maximum Gasteiger partial charge on any atom is 0.0872 e. The molecule has 0 fully saturated rings. The van der Waals surface area contributed by atoms with Crippen LogP contribution in [0.25, 0.3) is 11.1 Å². The molecule has 2 atom stereocenters. The Morgan fingerprint density at radius 2 is 1.88 bits per heavy atom. The van der Waals surface area contributed by atoms with E-state index in [1.165, 1.54) is 5.56 Å². The van der Waals surface area contributed by atoms with Crippen molar-refractivity contribution >= 4 is 0 Å². The molecule has 0 bridgehead atoms. The van der Waals surface area contributed by atoms with Crippen molar-refractivity contribution in [2.75, 3.05) is 0 Å². The summed E-state index contributed by atoms with van der Waals surface area (Å²) in [5.74, 6) is 0. The van der Waals surface area contributed by atoms with E-state index < -0.39 is 0 Å². The van der Waals surface area contributed by atoms with E-state index in [2.05, 4.69) is 69.0 Å². The minimum absolute atomic E-state index is 0.216. The zero-order valence-electron chi connectivity index (χ0n) is 13.7. The highest BCUT2D eigenvalue weighted by molar-refractivity contribution is 5.62. The molecule has 2 N–H and O–H groups in total. The number of aromatic amines is 1. The van der Waals surface area contributed by atoms with Gasteiger partial charge in [0.05, 0.1) is 17.1 Å². The molecule has 4 rings (SSSR count). The van der Waals surface area contributed by atoms with Crippen LogP contribution in [0, 0.1) is 0 Å². The van der Waals surface area contributed by atoms with Gasteiger partial charge in [-0.25, -0.2) is 0 Å². The second-order valence-corrected chi connectivity index (χ2v) is 6.38. The summed E-state index contributed by atoms with van der Waals surface area (Å²) >= 11 is 0. The zero-order valence-corrected chi connectivity index (χ0v) is 13.7. The van der Waals surface area contributed by atoms with Crippen LogP contribution in [-0.2, 0) is 12.8 Å². The lowest BCUT2D eigenvalue weighted by atomic mass is 9.95. The standard InChI is InChI=1S/C19H21N5/c1-13(21-16-8-10-18-19(11-16)23-24-22-18)17-9-7-15(12-20-17)14-5-3-2-4-6-14/h2-7,9,12-13,16,21H,8,10-11H2,1H3,(H,22,23,24).